The van der Waals surface area contributed by atoms with Gasteiger partial charge >= 0.3 is 0 Å². The molecule has 1 heterocycles. The van der Waals surface area contributed by atoms with Crippen molar-refractivity contribution in [1.29, 1.82) is 0 Å². The van der Waals surface area contributed by atoms with Gasteiger partial charge in [-0.25, -0.2) is 0 Å². The second-order valence-corrected chi connectivity index (χ2v) is 6.40. The van der Waals surface area contributed by atoms with Crippen molar-refractivity contribution in [3.63, 3.8) is 0 Å². The van der Waals surface area contributed by atoms with Crippen LogP contribution in [-0.4, -0.2) is 24.5 Å². The fraction of sp³-hybridized carbons (Fsp3) is 0.625. The lowest BCUT2D eigenvalue weighted by Gasteiger charge is -2.37. The van der Waals surface area contributed by atoms with Gasteiger partial charge in [0.2, 0.25) is 0 Å². The Morgan fingerprint density at radius 1 is 1.32 bits per heavy atom. The average Bonchev–Trinajstić information content (AvgIpc) is 2.44. The third-order valence-corrected chi connectivity index (χ3v) is 5.00. The van der Waals surface area contributed by atoms with Crippen LogP contribution in [-0.2, 0) is 0 Å². The van der Waals surface area contributed by atoms with Crippen LogP contribution in [0.15, 0.2) is 28.7 Å². The topological polar surface area (TPSA) is 29.3 Å². The van der Waals surface area contributed by atoms with Gasteiger partial charge in [0, 0.05) is 17.1 Å². The molecule has 1 aliphatic heterocycles. The number of halogens is 1. The molecule has 1 aromatic rings. The molecule has 0 spiro atoms. The highest BCUT2D eigenvalue weighted by molar-refractivity contribution is 9.10. The first-order valence-corrected chi connectivity index (χ1v) is 8.24. The Bertz CT molecular complexity index is 386. The molecule has 2 rings (SSSR count). The minimum absolute atomic E-state index is 0.359. The fourth-order valence-electron chi connectivity index (χ4n) is 3.18. The molecule has 1 aliphatic rings. The standard InChI is InChI=1S/C16H25BrN2/c1-2-5-13-8-10-19(11-9-13)16(12-18)14-6-3-4-7-15(14)17/h3-4,6-7,13,16H,2,5,8-12,18H2,1H3. The van der Waals surface area contributed by atoms with Gasteiger partial charge in [-0.05, 0) is 43.5 Å². The molecule has 2 nitrogen and oxygen atoms in total. The minimum Gasteiger partial charge on any atom is -0.329 e. The summed E-state index contributed by atoms with van der Waals surface area (Å²) in [6.07, 6.45) is 5.36. The van der Waals surface area contributed by atoms with E-state index in [9.17, 15) is 0 Å². The first kappa shape index (κ1) is 15.0. The summed E-state index contributed by atoms with van der Waals surface area (Å²) in [5.74, 6) is 0.930. The second kappa shape index (κ2) is 7.41. The molecule has 0 aromatic heterocycles. The molecule has 0 radical (unpaired) electrons. The molecule has 106 valence electrons. The molecule has 0 aliphatic carbocycles. The van der Waals surface area contributed by atoms with Gasteiger partial charge in [0.05, 0.1) is 0 Å². The van der Waals surface area contributed by atoms with Crippen LogP contribution < -0.4 is 5.73 Å². The molecule has 1 fully saturated rings. The minimum atomic E-state index is 0.359. The van der Waals surface area contributed by atoms with Gasteiger partial charge in [0.15, 0.2) is 0 Å². The number of hydrogen-bond acceptors (Lipinski definition) is 2. The van der Waals surface area contributed by atoms with Crippen molar-refractivity contribution in [2.45, 2.75) is 38.6 Å². The molecule has 0 amide bonds. The third kappa shape index (κ3) is 3.80. The molecule has 2 N–H and O–H groups in total. The molecular formula is C16H25BrN2. The van der Waals surface area contributed by atoms with Crippen LogP contribution in [0.5, 0.6) is 0 Å². The van der Waals surface area contributed by atoms with E-state index in [1.165, 1.54) is 48.8 Å². The van der Waals surface area contributed by atoms with Crippen molar-refractivity contribution in [2.75, 3.05) is 19.6 Å². The number of nitrogens with two attached hydrogens (primary N) is 1. The number of hydrogen-bond donors (Lipinski definition) is 1. The monoisotopic (exact) mass is 324 g/mol. The summed E-state index contributed by atoms with van der Waals surface area (Å²) in [5.41, 5.74) is 7.37. The lowest BCUT2D eigenvalue weighted by Crippen LogP contribution is -2.40. The summed E-state index contributed by atoms with van der Waals surface area (Å²) in [6.45, 7) is 5.36. The highest BCUT2D eigenvalue weighted by Gasteiger charge is 2.25. The third-order valence-electron chi connectivity index (χ3n) is 4.27. The molecule has 0 saturated carbocycles. The molecule has 3 heteroatoms. The molecule has 1 atom stereocenters. The highest BCUT2D eigenvalue weighted by atomic mass is 79.9. The summed E-state index contributed by atoms with van der Waals surface area (Å²) in [5, 5.41) is 0. The summed E-state index contributed by atoms with van der Waals surface area (Å²) in [4.78, 5) is 2.56. The average molecular weight is 325 g/mol. The van der Waals surface area contributed by atoms with Crippen molar-refractivity contribution in [3.05, 3.63) is 34.3 Å². The lowest BCUT2D eigenvalue weighted by atomic mass is 9.91. The predicted octanol–water partition coefficient (Wildman–Crippen LogP) is 3.96. The van der Waals surface area contributed by atoms with Crippen molar-refractivity contribution >= 4 is 15.9 Å². The van der Waals surface area contributed by atoms with Gasteiger partial charge in [0.25, 0.3) is 0 Å². The van der Waals surface area contributed by atoms with Crippen LogP contribution in [0, 0.1) is 5.92 Å². The van der Waals surface area contributed by atoms with E-state index in [1.807, 2.05) is 0 Å². The first-order valence-electron chi connectivity index (χ1n) is 7.44. The molecule has 1 unspecified atom stereocenters. The maximum Gasteiger partial charge on any atom is 0.0481 e. The quantitative estimate of drug-likeness (QED) is 0.888. The molecule has 1 saturated heterocycles. The second-order valence-electron chi connectivity index (χ2n) is 5.54. The molecule has 1 aromatic carbocycles. The zero-order chi connectivity index (χ0) is 13.7. The van der Waals surface area contributed by atoms with Gasteiger partial charge in [-0.15, -0.1) is 0 Å². The maximum atomic E-state index is 6.04. The molecule has 0 bridgehead atoms. The Hall–Kier alpha value is -0.380. The normalized spacial score (nSPS) is 19.5. The first-order chi connectivity index (χ1) is 9.26. The summed E-state index contributed by atoms with van der Waals surface area (Å²) in [7, 11) is 0. The smallest absolute Gasteiger partial charge is 0.0481 e. The van der Waals surface area contributed by atoms with E-state index in [0.717, 1.165) is 5.92 Å². The predicted molar refractivity (Wildman–Crippen MR) is 85.1 cm³/mol. The number of piperidine rings is 1. The highest BCUT2D eigenvalue weighted by Crippen LogP contribution is 2.31. The summed E-state index contributed by atoms with van der Waals surface area (Å²) >= 11 is 3.66. The molecule has 19 heavy (non-hydrogen) atoms. The van der Waals surface area contributed by atoms with Crippen molar-refractivity contribution in [3.8, 4) is 0 Å². The Morgan fingerprint density at radius 3 is 2.58 bits per heavy atom. The zero-order valence-corrected chi connectivity index (χ0v) is 13.4. The summed E-state index contributed by atoms with van der Waals surface area (Å²) in [6, 6.07) is 8.83. The van der Waals surface area contributed by atoms with Crippen LogP contribution in [0.4, 0.5) is 0 Å². The van der Waals surface area contributed by atoms with Gasteiger partial charge in [-0.2, -0.15) is 0 Å². The molecular weight excluding hydrogens is 300 g/mol. The van der Waals surface area contributed by atoms with Crippen LogP contribution in [0.2, 0.25) is 0 Å². The van der Waals surface area contributed by atoms with Gasteiger partial charge < -0.3 is 5.73 Å². The van der Waals surface area contributed by atoms with Gasteiger partial charge in [-0.1, -0.05) is 53.9 Å². The van der Waals surface area contributed by atoms with Crippen molar-refractivity contribution in [2.24, 2.45) is 11.7 Å². The van der Waals surface area contributed by atoms with Crippen LogP contribution in [0.25, 0.3) is 0 Å². The van der Waals surface area contributed by atoms with Crippen LogP contribution in [0.3, 0.4) is 0 Å². The number of likely N-dealkylation sites (tertiary alicyclic amines) is 1. The van der Waals surface area contributed by atoms with E-state index < -0.39 is 0 Å². The van der Waals surface area contributed by atoms with E-state index in [0.29, 0.717) is 12.6 Å². The fourth-order valence-corrected chi connectivity index (χ4v) is 3.73. The largest absolute Gasteiger partial charge is 0.329 e. The van der Waals surface area contributed by atoms with Crippen LogP contribution >= 0.6 is 15.9 Å². The SMILES string of the molecule is CCCC1CCN(C(CN)c2ccccc2Br)CC1. The Kier molecular flexibility index (Phi) is 5.86. The Morgan fingerprint density at radius 2 is 2.00 bits per heavy atom. The van der Waals surface area contributed by atoms with E-state index in [-0.39, 0.29) is 0 Å². The lowest BCUT2D eigenvalue weighted by molar-refractivity contribution is 0.131. The van der Waals surface area contributed by atoms with E-state index in [4.69, 9.17) is 5.73 Å². The number of nitrogens with zero attached hydrogens (tertiary/aromatic N) is 1. The van der Waals surface area contributed by atoms with Gasteiger partial charge in [-0.3, -0.25) is 4.90 Å². The van der Waals surface area contributed by atoms with Crippen molar-refractivity contribution in [1.82, 2.24) is 4.90 Å². The van der Waals surface area contributed by atoms with Crippen LogP contribution in [0.1, 0.15) is 44.2 Å². The Balaban J connectivity index is 2.02. The number of rotatable bonds is 5. The van der Waals surface area contributed by atoms with E-state index >= 15 is 0 Å². The van der Waals surface area contributed by atoms with Crippen molar-refractivity contribution < 1.29 is 0 Å². The summed E-state index contributed by atoms with van der Waals surface area (Å²) < 4.78 is 1.18. The van der Waals surface area contributed by atoms with E-state index in [2.05, 4.69) is 52.0 Å². The number of benzene rings is 1. The van der Waals surface area contributed by atoms with Gasteiger partial charge in [0.1, 0.15) is 0 Å². The maximum absolute atomic E-state index is 6.04. The van der Waals surface area contributed by atoms with E-state index in [1.54, 1.807) is 0 Å². The zero-order valence-electron chi connectivity index (χ0n) is 11.8. The Labute approximate surface area is 125 Å².